The third kappa shape index (κ3) is 2.97. The third-order valence-corrected chi connectivity index (χ3v) is 5.76. The van der Waals surface area contributed by atoms with Crippen LogP contribution in [0.5, 0.6) is 5.75 Å². The molecule has 0 unspecified atom stereocenters. The van der Waals surface area contributed by atoms with Crippen molar-refractivity contribution < 1.29 is 9.53 Å². The summed E-state index contributed by atoms with van der Waals surface area (Å²) >= 11 is 6.19. The second-order valence-corrected chi connectivity index (χ2v) is 7.74. The molecule has 0 saturated heterocycles. The van der Waals surface area contributed by atoms with Crippen LogP contribution in [0.15, 0.2) is 66.7 Å². The Labute approximate surface area is 178 Å². The van der Waals surface area contributed by atoms with Crippen molar-refractivity contribution in [2.75, 3.05) is 5.73 Å². The van der Waals surface area contributed by atoms with Gasteiger partial charge in [-0.05, 0) is 59.8 Å². The Hall–Kier alpha value is -3.50. The number of aromatic nitrogens is 1. The van der Waals surface area contributed by atoms with Crippen molar-refractivity contribution >= 4 is 55.8 Å². The van der Waals surface area contributed by atoms with E-state index in [1.807, 2.05) is 43.3 Å². The predicted octanol–water partition coefficient (Wildman–Crippen LogP) is 6.49. The van der Waals surface area contributed by atoms with Gasteiger partial charge in [0.25, 0.3) is 0 Å². The molecule has 30 heavy (non-hydrogen) atoms. The van der Waals surface area contributed by atoms with Crippen molar-refractivity contribution in [1.29, 1.82) is 0 Å². The highest BCUT2D eigenvalue weighted by Gasteiger charge is 2.16. The first-order chi connectivity index (χ1) is 14.5. The maximum Gasteiger partial charge on any atom is 0.343 e. The van der Waals surface area contributed by atoms with Gasteiger partial charge in [0.05, 0.1) is 11.1 Å². The summed E-state index contributed by atoms with van der Waals surface area (Å²) < 4.78 is 5.72. The number of rotatable bonds is 3. The predicted molar refractivity (Wildman–Crippen MR) is 124 cm³/mol. The van der Waals surface area contributed by atoms with E-state index in [0.717, 1.165) is 38.1 Å². The second-order valence-electron chi connectivity index (χ2n) is 7.30. The molecule has 4 aromatic carbocycles. The van der Waals surface area contributed by atoms with Crippen LogP contribution in [0.3, 0.4) is 0 Å². The Balaban J connectivity index is 1.61. The minimum Gasteiger partial charge on any atom is -0.423 e. The number of hydrogen-bond donors (Lipinski definition) is 2. The summed E-state index contributed by atoms with van der Waals surface area (Å²) in [6.07, 6.45) is 0.660. The Morgan fingerprint density at radius 1 is 1.00 bits per heavy atom. The molecule has 148 valence electrons. The number of nitrogen functional groups attached to an aromatic ring is 1. The van der Waals surface area contributed by atoms with E-state index < -0.39 is 5.97 Å². The number of nitrogens with one attached hydrogen (secondary N) is 1. The van der Waals surface area contributed by atoms with Gasteiger partial charge in [0.2, 0.25) is 0 Å². The lowest BCUT2D eigenvalue weighted by Gasteiger charge is -2.11. The van der Waals surface area contributed by atoms with E-state index in [2.05, 4.69) is 17.1 Å². The zero-order valence-electron chi connectivity index (χ0n) is 16.3. The van der Waals surface area contributed by atoms with Crippen molar-refractivity contribution in [3.63, 3.8) is 0 Å². The molecular weight excluding hydrogens is 396 g/mol. The van der Waals surface area contributed by atoms with E-state index in [1.165, 1.54) is 0 Å². The van der Waals surface area contributed by atoms with Crippen LogP contribution in [0.4, 0.5) is 5.69 Å². The molecule has 3 N–H and O–H groups in total. The highest BCUT2D eigenvalue weighted by molar-refractivity contribution is 6.32. The number of anilines is 1. The molecule has 0 aliphatic rings. The molecule has 0 aliphatic carbocycles. The molecule has 0 spiro atoms. The lowest BCUT2D eigenvalue weighted by atomic mass is 10.0. The van der Waals surface area contributed by atoms with Crippen molar-refractivity contribution in [2.45, 2.75) is 13.3 Å². The fraction of sp³-hybridized carbons (Fsp3) is 0.0800. The molecule has 0 amide bonds. The molecule has 5 heteroatoms. The van der Waals surface area contributed by atoms with Gasteiger partial charge in [-0.2, -0.15) is 0 Å². The summed E-state index contributed by atoms with van der Waals surface area (Å²) in [5.41, 5.74) is 9.92. The number of esters is 1. The average molecular weight is 415 g/mol. The molecule has 5 rings (SSSR count). The summed E-state index contributed by atoms with van der Waals surface area (Å²) in [6, 6.07) is 20.9. The average Bonchev–Trinajstić information content (AvgIpc) is 3.12. The lowest BCUT2D eigenvalue weighted by molar-refractivity contribution is 0.0734. The van der Waals surface area contributed by atoms with Crippen molar-refractivity contribution in [3.05, 3.63) is 82.9 Å². The Bertz CT molecular complexity index is 1450. The van der Waals surface area contributed by atoms with Crippen molar-refractivity contribution in [3.8, 4) is 5.75 Å². The van der Waals surface area contributed by atoms with Crippen LogP contribution in [-0.2, 0) is 6.42 Å². The molecule has 0 atom stereocenters. The van der Waals surface area contributed by atoms with Crippen LogP contribution >= 0.6 is 11.6 Å². The molecule has 0 saturated carbocycles. The van der Waals surface area contributed by atoms with Gasteiger partial charge in [0.1, 0.15) is 5.75 Å². The van der Waals surface area contributed by atoms with Crippen LogP contribution < -0.4 is 10.5 Å². The van der Waals surface area contributed by atoms with E-state index in [1.54, 1.807) is 18.2 Å². The van der Waals surface area contributed by atoms with Crippen LogP contribution in [0.2, 0.25) is 5.02 Å². The van der Waals surface area contributed by atoms with Gasteiger partial charge in [-0.15, -0.1) is 0 Å². The zero-order valence-corrected chi connectivity index (χ0v) is 17.1. The Kier molecular flexibility index (Phi) is 4.37. The number of H-pyrrole nitrogens is 1. The molecule has 1 aromatic heterocycles. The molecule has 5 aromatic rings. The maximum absolute atomic E-state index is 12.8. The fourth-order valence-corrected chi connectivity index (χ4v) is 4.23. The number of nitrogens with two attached hydrogens (primary N) is 1. The van der Waals surface area contributed by atoms with E-state index in [-0.39, 0.29) is 0 Å². The lowest BCUT2D eigenvalue weighted by Crippen LogP contribution is -2.12. The summed E-state index contributed by atoms with van der Waals surface area (Å²) in [7, 11) is 0. The number of fused-ring (bicyclic) bond motifs is 5. The monoisotopic (exact) mass is 414 g/mol. The maximum atomic E-state index is 12.8. The van der Waals surface area contributed by atoms with Crippen LogP contribution in [-0.4, -0.2) is 11.0 Å². The number of carbonyl (C=O) groups is 1. The summed E-state index contributed by atoms with van der Waals surface area (Å²) in [5, 5.41) is 4.87. The van der Waals surface area contributed by atoms with Gasteiger partial charge in [-0.25, -0.2) is 4.79 Å². The molecule has 4 nitrogen and oxygen atoms in total. The topological polar surface area (TPSA) is 68.1 Å². The minimum atomic E-state index is -0.408. The van der Waals surface area contributed by atoms with Gasteiger partial charge in [-0.1, -0.05) is 42.8 Å². The van der Waals surface area contributed by atoms with Crippen molar-refractivity contribution in [2.24, 2.45) is 0 Å². The standard InChI is InChI=1S/C25H19ClN2O2/c1-2-17-19(4-3-5-22(17)27)25(29)30-16-9-6-14-7-10-18-21-12-15(26)8-11-23(21)28-24(18)20(14)13-16/h3-13,28H,2,27H2,1H3. The van der Waals surface area contributed by atoms with E-state index in [4.69, 9.17) is 22.1 Å². The van der Waals surface area contributed by atoms with Crippen molar-refractivity contribution in [1.82, 2.24) is 4.98 Å². The number of aromatic amines is 1. The Morgan fingerprint density at radius 3 is 2.67 bits per heavy atom. The van der Waals surface area contributed by atoms with E-state index in [0.29, 0.717) is 28.4 Å². The highest BCUT2D eigenvalue weighted by atomic mass is 35.5. The second kappa shape index (κ2) is 7.08. The Morgan fingerprint density at radius 2 is 1.83 bits per heavy atom. The van der Waals surface area contributed by atoms with Crippen LogP contribution in [0.1, 0.15) is 22.8 Å². The van der Waals surface area contributed by atoms with Gasteiger partial charge < -0.3 is 15.5 Å². The SMILES string of the molecule is CCc1c(N)cccc1C(=O)Oc1ccc2ccc3c4cc(Cl)ccc4[nH]c3c2c1. The van der Waals surface area contributed by atoms with Gasteiger partial charge in [0.15, 0.2) is 0 Å². The highest BCUT2D eigenvalue weighted by Crippen LogP contribution is 2.34. The summed E-state index contributed by atoms with van der Waals surface area (Å²) in [6.45, 7) is 1.97. The number of benzene rings is 4. The summed E-state index contributed by atoms with van der Waals surface area (Å²) in [4.78, 5) is 16.3. The van der Waals surface area contributed by atoms with Crippen LogP contribution in [0, 0.1) is 0 Å². The van der Waals surface area contributed by atoms with Crippen LogP contribution in [0.25, 0.3) is 32.6 Å². The zero-order chi connectivity index (χ0) is 20.8. The molecule has 0 aliphatic heterocycles. The first-order valence-corrected chi connectivity index (χ1v) is 10.2. The van der Waals surface area contributed by atoms with E-state index >= 15 is 0 Å². The van der Waals surface area contributed by atoms with Gasteiger partial charge in [-0.3, -0.25) is 0 Å². The van der Waals surface area contributed by atoms with Gasteiger partial charge in [0, 0.05) is 32.4 Å². The summed E-state index contributed by atoms with van der Waals surface area (Å²) in [5.74, 6) is 0.0790. The molecule has 0 radical (unpaired) electrons. The molecule has 0 fully saturated rings. The third-order valence-electron chi connectivity index (χ3n) is 5.52. The number of ether oxygens (including phenoxy) is 1. The first kappa shape index (κ1) is 18.5. The largest absolute Gasteiger partial charge is 0.423 e. The number of carbonyl (C=O) groups excluding carboxylic acids is 1. The first-order valence-electron chi connectivity index (χ1n) is 9.78. The molecular formula is C25H19ClN2O2. The number of hydrogen-bond acceptors (Lipinski definition) is 3. The fourth-order valence-electron chi connectivity index (χ4n) is 4.06. The van der Waals surface area contributed by atoms with E-state index in [9.17, 15) is 4.79 Å². The number of halogens is 1. The quantitative estimate of drug-likeness (QED) is 0.201. The van der Waals surface area contributed by atoms with Gasteiger partial charge >= 0.3 is 5.97 Å². The smallest absolute Gasteiger partial charge is 0.343 e. The normalized spacial score (nSPS) is 11.4. The minimum absolute atomic E-state index is 0.408. The molecule has 1 heterocycles. The molecule has 0 bridgehead atoms.